The minimum absolute atomic E-state index is 0.684. The van der Waals surface area contributed by atoms with Crippen LogP contribution in [0.15, 0.2) is 36.5 Å². The summed E-state index contributed by atoms with van der Waals surface area (Å²) in [5.41, 5.74) is 3.75. The standard InChI is InChI=1S/C18H22N2/c1-2-17-16(14-9-5-3-6-10-14)13-19-18(20-17)15-11-7-4-8-12-15/h4,7-8,11-14H,2-3,5-6,9-10H2,1H3. The maximum Gasteiger partial charge on any atom is 0.159 e. The Hall–Kier alpha value is -1.70. The lowest BCUT2D eigenvalue weighted by molar-refractivity contribution is 0.439. The van der Waals surface area contributed by atoms with Crippen LogP contribution in [0.3, 0.4) is 0 Å². The van der Waals surface area contributed by atoms with Gasteiger partial charge in [0.25, 0.3) is 0 Å². The maximum absolute atomic E-state index is 4.83. The van der Waals surface area contributed by atoms with Crippen molar-refractivity contribution in [1.82, 2.24) is 9.97 Å². The molecule has 0 amide bonds. The number of nitrogens with zero attached hydrogens (tertiary/aromatic N) is 2. The van der Waals surface area contributed by atoms with Crippen LogP contribution in [0.5, 0.6) is 0 Å². The maximum atomic E-state index is 4.83. The van der Waals surface area contributed by atoms with E-state index in [2.05, 4.69) is 30.2 Å². The number of hydrogen-bond acceptors (Lipinski definition) is 2. The summed E-state index contributed by atoms with van der Waals surface area (Å²) in [5, 5.41) is 0. The van der Waals surface area contributed by atoms with Gasteiger partial charge in [0, 0.05) is 17.5 Å². The Morgan fingerprint density at radius 3 is 2.50 bits per heavy atom. The summed E-state index contributed by atoms with van der Waals surface area (Å²) in [5.74, 6) is 1.55. The normalized spacial score (nSPS) is 16.2. The predicted molar refractivity (Wildman–Crippen MR) is 82.7 cm³/mol. The topological polar surface area (TPSA) is 25.8 Å². The van der Waals surface area contributed by atoms with Crippen molar-refractivity contribution in [2.45, 2.75) is 51.4 Å². The van der Waals surface area contributed by atoms with Gasteiger partial charge in [-0.05, 0) is 30.7 Å². The molecule has 2 nitrogen and oxygen atoms in total. The minimum Gasteiger partial charge on any atom is -0.236 e. The van der Waals surface area contributed by atoms with E-state index in [4.69, 9.17) is 4.98 Å². The van der Waals surface area contributed by atoms with Gasteiger partial charge in [-0.25, -0.2) is 9.97 Å². The van der Waals surface area contributed by atoms with Crippen molar-refractivity contribution in [2.24, 2.45) is 0 Å². The Morgan fingerprint density at radius 2 is 1.80 bits per heavy atom. The Balaban J connectivity index is 1.93. The molecule has 0 atom stereocenters. The summed E-state index contributed by atoms with van der Waals surface area (Å²) in [4.78, 5) is 9.45. The molecule has 1 aliphatic rings. The van der Waals surface area contributed by atoms with E-state index in [-0.39, 0.29) is 0 Å². The van der Waals surface area contributed by atoms with Gasteiger partial charge in [0.2, 0.25) is 0 Å². The van der Waals surface area contributed by atoms with Crippen LogP contribution in [0.1, 0.15) is 56.2 Å². The summed E-state index contributed by atoms with van der Waals surface area (Å²) in [6.45, 7) is 2.20. The van der Waals surface area contributed by atoms with Crippen LogP contribution in [-0.4, -0.2) is 9.97 Å². The van der Waals surface area contributed by atoms with Gasteiger partial charge in [-0.2, -0.15) is 0 Å². The number of aromatic nitrogens is 2. The molecule has 0 spiro atoms. The van der Waals surface area contributed by atoms with Gasteiger partial charge in [0.15, 0.2) is 5.82 Å². The smallest absolute Gasteiger partial charge is 0.159 e. The first-order chi connectivity index (χ1) is 9.88. The predicted octanol–water partition coefficient (Wildman–Crippen LogP) is 4.75. The molecule has 1 aromatic heterocycles. The molecular formula is C18H22N2. The SMILES string of the molecule is CCc1nc(-c2ccccc2)ncc1C1CCCCC1. The van der Waals surface area contributed by atoms with Crippen LogP contribution in [0.4, 0.5) is 0 Å². The summed E-state index contributed by atoms with van der Waals surface area (Å²) in [6, 6.07) is 10.3. The fourth-order valence-electron chi connectivity index (χ4n) is 3.19. The Kier molecular flexibility index (Phi) is 4.10. The number of benzene rings is 1. The summed E-state index contributed by atoms with van der Waals surface area (Å²) < 4.78 is 0. The average molecular weight is 266 g/mol. The molecular weight excluding hydrogens is 244 g/mol. The lowest BCUT2D eigenvalue weighted by Gasteiger charge is -2.23. The molecule has 0 N–H and O–H groups in total. The van der Waals surface area contributed by atoms with Crippen molar-refractivity contribution < 1.29 is 0 Å². The zero-order valence-corrected chi connectivity index (χ0v) is 12.2. The Bertz CT molecular complexity index is 557. The van der Waals surface area contributed by atoms with Gasteiger partial charge in [-0.15, -0.1) is 0 Å². The monoisotopic (exact) mass is 266 g/mol. The van der Waals surface area contributed by atoms with Crippen LogP contribution in [0.2, 0.25) is 0 Å². The van der Waals surface area contributed by atoms with Crippen LogP contribution in [0, 0.1) is 0 Å². The molecule has 0 bridgehead atoms. The first kappa shape index (κ1) is 13.3. The first-order valence-corrected chi connectivity index (χ1v) is 7.79. The van der Waals surface area contributed by atoms with Gasteiger partial charge < -0.3 is 0 Å². The third-order valence-electron chi connectivity index (χ3n) is 4.31. The molecule has 0 aliphatic heterocycles. The van der Waals surface area contributed by atoms with Crippen LogP contribution in [0.25, 0.3) is 11.4 Å². The van der Waals surface area contributed by atoms with Crippen molar-refractivity contribution in [3.63, 3.8) is 0 Å². The third kappa shape index (κ3) is 2.74. The largest absolute Gasteiger partial charge is 0.236 e. The van der Waals surface area contributed by atoms with E-state index >= 15 is 0 Å². The third-order valence-corrected chi connectivity index (χ3v) is 4.31. The molecule has 1 aromatic carbocycles. The molecule has 1 heterocycles. The highest BCUT2D eigenvalue weighted by atomic mass is 14.9. The van der Waals surface area contributed by atoms with Crippen molar-refractivity contribution in [2.75, 3.05) is 0 Å². The van der Waals surface area contributed by atoms with E-state index < -0.39 is 0 Å². The summed E-state index contributed by atoms with van der Waals surface area (Å²) in [6.07, 6.45) is 9.80. The lowest BCUT2D eigenvalue weighted by Crippen LogP contribution is -2.10. The fraction of sp³-hybridized carbons (Fsp3) is 0.444. The summed E-state index contributed by atoms with van der Waals surface area (Å²) >= 11 is 0. The zero-order valence-electron chi connectivity index (χ0n) is 12.2. The number of aryl methyl sites for hydroxylation is 1. The second-order valence-corrected chi connectivity index (χ2v) is 5.65. The Morgan fingerprint density at radius 1 is 1.05 bits per heavy atom. The van der Waals surface area contributed by atoms with E-state index in [9.17, 15) is 0 Å². The molecule has 3 rings (SSSR count). The Labute approximate surface area is 121 Å². The van der Waals surface area contributed by atoms with Crippen LogP contribution in [-0.2, 0) is 6.42 Å². The first-order valence-electron chi connectivity index (χ1n) is 7.79. The highest BCUT2D eigenvalue weighted by Gasteiger charge is 2.19. The second kappa shape index (κ2) is 6.17. The molecule has 2 aromatic rings. The number of rotatable bonds is 3. The molecule has 104 valence electrons. The van der Waals surface area contributed by atoms with Crippen molar-refractivity contribution >= 4 is 0 Å². The van der Waals surface area contributed by atoms with E-state index in [1.54, 1.807) is 0 Å². The van der Waals surface area contributed by atoms with Gasteiger partial charge >= 0.3 is 0 Å². The van der Waals surface area contributed by atoms with Gasteiger partial charge in [0.05, 0.1) is 0 Å². The van der Waals surface area contributed by atoms with Crippen molar-refractivity contribution in [3.05, 3.63) is 47.8 Å². The van der Waals surface area contributed by atoms with E-state index in [0.717, 1.165) is 17.8 Å². The van der Waals surface area contributed by atoms with Crippen molar-refractivity contribution in [1.29, 1.82) is 0 Å². The van der Waals surface area contributed by atoms with Crippen LogP contribution >= 0.6 is 0 Å². The second-order valence-electron chi connectivity index (χ2n) is 5.65. The molecule has 0 saturated heterocycles. The fourth-order valence-corrected chi connectivity index (χ4v) is 3.19. The quantitative estimate of drug-likeness (QED) is 0.801. The zero-order chi connectivity index (χ0) is 13.8. The van der Waals surface area contributed by atoms with Gasteiger partial charge in [-0.3, -0.25) is 0 Å². The van der Waals surface area contributed by atoms with Gasteiger partial charge in [-0.1, -0.05) is 56.5 Å². The number of hydrogen-bond donors (Lipinski definition) is 0. The van der Waals surface area contributed by atoms with E-state index in [0.29, 0.717) is 5.92 Å². The molecule has 1 aliphatic carbocycles. The highest BCUT2D eigenvalue weighted by molar-refractivity contribution is 5.54. The van der Waals surface area contributed by atoms with E-state index in [1.165, 1.54) is 43.4 Å². The molecule has 0 unspecified atom stereocenters. The summed E-state index contributed by atoms with van der Waals surface area (Å²) in [7, 11) is 0. The minimum atomic E-state index is 0.684. The molecule has 1 fully saturated rings. The van der Waals surface area contributed by atoms with E-state index in [1.807, 2.05) is 18.2 Å². The average Bonchev–Trinajstić information content (AvgIpc) is 2.56. The van der Waals surface area contributed by atoms with Crippen molar-refractivity contribution in [3.8, 4) is 11.4 Å². The molecule has 0 radical (unpaired) electrons. The van der Waals surface area contributed by atoms with Crippen LogP contribution < -0.4 is 0 Å². The molecule has 1 saturated carbocycles. The van der Waals surface area contributed by atoms with Gasteiger partial charge in [0.1, 0.15) is 0 Å². The highest BCUT2D eigenvalue weighted by Crippen LogP contribution is 2.34. The molecule has 20 heavy (non-hydrogen) atoms. The lowest BCUT2D eigenvalue weighted by atomic mass is 9.83. The molecule has 2 heteroatoms.